The second-order valence-electron chi connectivity index (χ2n) is 5.15. The maximum Gasteiger partial charge on any atom is 0.147 e. The second kappa shape index (κ2) is 7.66. The first-order chi connectivity index (χ1) is 10.2. The third kappa shape index (κ3) is 3.89. The van der Waals surface area contributed by atoms with Gasteiger partial charge in [0.15, 0.2) is 0 Å². The smallest absolute Gasteiger partial charge is 0.147 e. The maximum absolute atomic E-state index is 6.05. The van der Waals surface area contributed by atoms with Gasteiger partial charge in [-0.25, -0.2) is 4.98 Å². The van der Waals surface area contributed by atoms with Gasteiger partial charge in [-0.05, 0) is 39.3 Å². The summed E-state index contributed by atoms with van der Waals surface area (Å²) < 4.78 is 13.4. The molecule has 1 heterocycles. The van der Waals surface area contributed by atoms with Crippen molar-refractivity contribution < 1.29 is 9.47 Å². The molecule has 0 amide bonds. The van der Waals surface area contributed by atoms with Crippen LogP contribution in [0.3, 0.4) is 0 Å². The monoisotopic (exact) mass is 310 g/mol. The van der Waals surface area contributed by atoms with Crippen LogP contribution in [0, 0.1) is 0 Å². The molecule has 1 aromatic heterocycles. The summed E-state index contributed by atoms with van der Waals surface area (Å²) >= 11 is 6.05. The lowest BCUT2D eigenvalue weighted by Gasteiger charge is -2.10. The van der Waals surface area contributed by atoms with Gasteiger partial charge >= 0.3 is 0 Å². The molecule has 0 unspecified atom stereocenters. The molecule has 0 spiro atoms. The van der Waals surface area contributed by atoms with E-state index >= 15 is 0 Å². The van der Waals surface area contributed by atoms with Crippen molar-refractivity contribution in [2.24, 2.45) is 0 Å². The highest BCUT2D eigenvalue weighted by Gasteiger charge is 2.14. The van der Waals surface area contributed by atoms with Gasteiger partial charge in [0.25, 0.3) is 0 Å². The quantitative estimate of drug-likeness (QED) is 0.546. The zero-order valence-electron chi connectivity index (χ0n) is 12.9. The standard InChI is InChI=1S/C16H23ClN2O2/c1-4-20-10-6-9-19-13-7-5-8-14(21-12(2)3)16(13)18-15(19)11-17/h5,7-8,12H,4,6,9-11H2,1-3H3. The van der Waals surface area contributed by atoms with E-state index in [0.717, 1.165) is 48.8 Å². The molecular weight excluding hydrogens is 288 g/mol. The summed E-state index contributed by atoms with van der Waals surface area (Å²) in [7, 11) is 0. The summed E-state index contributed by atoms with van der Waals surface area (Å²) in [5.74, 6) is 2.09. The van der Waals surface area contributed by atoms with Gasteiger partial charge in [-0.2, -0.15) is 0 Å². The van der Waals surface area contributed by atoms with Crippen LogP contribution in [0.2, 0.25) is 0 Å². The van der Waals surface area contributed by atoms with Crippen molar-refractivity contribution in [2.45, 2.75) is 45.7 Å². The predicted molar refractivity (Wildman–Crippen MR) is 86.2 cm³/mol. The van der Waals surface area contributed by atoms with Crippen molar-refractivity contribution in [1.29, 1.82) is 0 Å². The largest absolute Gasteiger partial charge is 0.489 e. The molecule has 21 heavy (non-hydrogen) atoms. The van der Waals surface area contributed by atoms with E-state index in [4.69, 9.17) is 21.1 Å². The molecule has 5 heteroatoms. The number of para-hydroxylation sites is 1. The number of nitrogens with zero attached hydrogens (tertiary/aromatic N) is 2. The molecule has 0 N–H and O–H groups in total. The van der Waals surface area contributed by atoms with Gasteiger partial charge in [0.05, 0.1) is 17.5 Å². The van der Waals surface area contributed by atoms with Crippen LogP contribution in [0.25, 0.3) is 11.0 Å². The number of hydrogen-bond acceptors (Lipinski definition) is 3. The van der Waals surface area contributed by atoms with E-state index in [9.17, 15) is 0 Å². The van der Waals surface area contributed by atoms with Gasteiger partial charge in [0.1, 0.15) is 17.1 Å². The first-order valence-electron chi connectivity index (χ1n) is 7.45. The number of imidazole rings is 1. The Labute approximate surface area is 131 Å². The lowest BCUT2D eigenvalue weighted by atomic mass is 10.3. The molecule has 0 aliphatic heterocycles. The van der Waals surface area contributed by atoms with E-state index < -0.39 is 0 Å². The van der Waals surface area contributed by atoms with E-state index in [1.54, 1.807) is 0 Å². The molecule has 0 fully saturated rings. The summed E-state index contributed by atoms with van der Waals surface area (Å²) in [5.41, 5.74) is 1.96. The van der Waals surface area contributed by atoms with Gasteiger partial charge < -0.3 is 14.0 Å². The van der Waals surface area contributed by atoms with E-state index in [0.29, 0.717) is 5.88 Å². The molecule has 1 aromatic carbocycles. The molecule has 2 aromatic rings. The summed E-state index contributed by atoms with van der Waals surface area (Å²) in [6, 6.07) is 6.02. The molecule has 0 bridgehead atoms. The molecule has 0 aliphatic rings. The average molecular weight is 311 g/mol. The number of halogens is 1. The number of ether oxygens (including phenoxy) is 2. The topological polar surface area (TPSA) is 36.3 Å². The Morgan fingerprint density at radius 1 is 1.33 bits per heavy atom. The minimum atomic E-state index is 0.123. The Morgan fingerprint density at radius 3 is 2.81 bits per heavy atom. The number of fused-ring (bicyclic) bond motifs is 1. The van der Waals surface area contributed by atoms with Crippen LogP contribution in [0.1, 0.15) is 33.0 Å². The fourth-order valence-electron chi connectivity index (χ4n) is 2.34. The SMILES string of the molecule is CCOCCCn1c(CCl)nc2c(OC(C)C)cccc21. The van der Waals surface area contributed by atoms with Crippen LogP contribution in [0.15, 0.2) is 18.2 Å². The van der Waals surface area contributed by atoms with Crippen molar-refractivity contribution in [3.8, 4) is 5.75 Å². The van der Waals surface area contributed by atoms with Crippen LogP contribution >= 0.6 is 11.6 Å². The van der Waals surface area contributed by atoms with Crippen molar-refractivity contribution >= 4 is 22.6 Å². The first-order valence-corrected chi connectivity index (χ1v) is 7.99. The predicted octanol–water partition coefficient (Wildman–Crippen LogP) is 3.99. The third-order valence-electron chi connectivity index (χ3n) is 3.18. The minimum Gasteiger partial charge on any atom is -0.489 e. The van der Waals surface area contributed by atoms with Crippen LogP contribution in [0.4, 0.5) is 0 Å². The Hall–Kier alpha value is -1.26. The highest BCUT2D eigenvalue weighted by Crippen LogP contribution is 2.27. The van der Waals surface area contributed by atoms with Crippen LogP contribution in [-0.4, -0.2) is 28.9 Å². The lowest BCUT2D eigenvalue weighted by Crippen LogP contribution is -2.06. The number of aryl methyl sites for hydroxylation is 1. The highest BCUT2D eigenvalue weighted by molar-refractivity contribution is 6.16. The normalized spacial score (nSPS) is 11.5. The van der Waals surface area contributed by atoms with E-state index in [1.165, 1.54) is 0 Å². The fourth-order valence-corrected chi connectivity index (χ4v) is 2.54. The second-order valence-corrected chi connectivity index (χ2v) is 5.42. The van der Waals surface area contributed by atoms with E-state index in [2.05, 4.69) is 15.6 Å². The molecule has 116 valence electrons. The summed E-state index contributed by atoms with van der Waals surface area (Å²) in [6.07, 6.45) is 1.07. The number of benzene rings is 1. The minimum absolute atomic E-state index is 0.123. The summed E-state index contributed by atoms with van der Waals surface area (Å²) in [6.45, 7) is 8.39. The molecule has 0 radical (unpaired) electrons. The van der Waals surface area contributed by atoms with Gasteiger partial charge in [0, 0.05) is 19.8 Å². The molecule has 2 rings (SSSR count). The fraction of sp³-hybridized carbons (Fsp3) is 0.562. The Kier molecular flexibility index (Phi) is 5.88. The maximum atomic E-state index is 6.05. The van der Waals surface area contributed by atoms with Crippen LogP contribution in [-0.2, 0) is 17.2 Å². The summed E-state index contributed by atoms with van der Waals surface area (Å²) in [4.78, 5) is 4.65. The molecule has 0 aliphatic carbocycles. The van der Waals surface area contributed by atoms with Crippen LogP contribution < -0.4 is 4.74 Å². The zero-order chi connectivity index (χ0) is 15.2. The summed E-state index contributed by atoms with van der Waals surface area (Å²) in [5, 5.41) is 0. The van der Waals surface area contributed by atoms with Gasteiger partial charge in [-0.1, -0.05) is 6.07 Å². The Morgan fingerprint density at radius 2 is 2.14 bits per heavy atom. The lowest BCUT2D eigenvalue weighted by molar-refractivity contribution is 0.142. The molecular formula is C16H23ClN2O2. The highest BCUT2D eigenvalue weighted by atomic mass is 35.5. The van der Waals surface area contributed by atoms with Crippen molar-refractivity contribution in [3.05, 3.63) is 24.0 Å². The number of hydrogen-bond donors (Lipinski definition) is 0. The molecule has 0 saturated heterocycles. The number of rotatable bonds is 8. The zero-order valence-corrected chi connectivity index (χ0v) is 13.7. The number of aromatic nitrogens is 2. The molecule has 0 saturated carbocycles. The average Bonchev–Trinajstić information content (AvgIpc) is 2.82. The van der Waals surface area contributed by atoms with Gasteiger partial charge in [0.2, 0.25) is 0 Å². The van der Waals surface area contributed by atoms with Crippen molar-refractivity contribution in [1.82, 2.24) is 9.55 Å². The Bertz CT molecular complexity index is 581. The van der Waals surface area contributed by atoms with Gasteiger partial charge in [-0.3, -0.25) is 0 Å². The van der Waals surface area contributed by atoms with E-state index in [1.807, 2.05) is 32.9 Å². The van der Waals surface area contributed by atoms with Gasteiger partial charge in [-0.15, -0.1) is 11.6 Å². The Balaban J connectivity index is 2.30. The molecule has 4 nitrogen and oxygen atoms in total. The first kappa shape index (κ1) is 16.1. The van der Waals surface area contributed by atoms with E-state index in [-0.39, 0.29) is 6.10 Å². The third-order valence-corrected chi connectivity index (χ3v) is 3.42. The van der Waals surface area contributed by atoms with Crippen LogP contribution in [0.5, 0.6) is 5.75 Å². The van der Waals surface area contributed by atoms with Crippen molar-refractivity contribution in [3.63, 3.8) is 0 Å². The van der Waals surface area contributed by atoms with Crippen molar-refractivity contribution in [2.75, 3.05) is 13.2 Å². The molecule has 0 atom stereocenters. The number of alkyl halides is 1.